The molecule has 0 amide bonds. The van der Waals surface area contributed by atoms with Gasteiger partial charge in [0.2, 0.25) is 4.80 Å². The van der Waals surface area contributed by atoms with Crippen molar-refractivity contribution in [1.82, 2.24) is 8.94 Å². The fraction of sp³-hybridized carbons (Fsp3) is 0.333. The monoisotopic (exact) mass is 445 g/mol. The summed E-state index contributed by atoms with van der Waals surface area (Å²) in [6, 6.07) is 20.7. The van der Waals surface area contributed by atoms with Crippen molar-refractivity contribution >= 4 is 28.5 Å². The summed E-state index contributed by atoms with van der Waals surface area (Å²) >= 11 is 1.61. The van der Waals surface area contributed by atoms with E-state index in [0.29, 0.717) is 0 Å². The molecule has 27 heavy (non-hydrogen) atoms. The van der Waals surface area contributed by atoms with Crippen LogP contribution in [0.5, 0.6) is 0 Å². The summed E-state index contributed by atoms with van der Waals surface area (Å²) in [5.74, 6) is 1.69. The molecule has 0 atom stereocenters. The van der Waals surface area contributed by atoms with Crippen molar-refractivity contribution < 1.29 is 4.74 Å². The average molecular weight is 446 g/mol. The lowest BCUT2D eigenvalue weighted by Gasteiger charge is -2.20. The predicted octanol–water partition coefficient (Wildman–Crippen LogP) is 4.90. The van der Waals surface area contributed by atoms with Crippen LogP contribution in [0.25, 0.3) is 17.1 Å². The highest BCUT2D eigenvalue weighted by molar-refractivity contribution is 8.93. The third kappa shape index (κ3) is 5.15. The zero-order valence-electron chi connectivity index (χ0n) is 15.2. The molecule has 6 heteroatoms. The van der Waals surface area contributed by atoms with E-state index in [1.54, 1.807) is 11.5 Å². The van der Waals surface area contributed by atoms with Gasteiger partial charge in [0.15, 0.2) is 5.82 Å². The Morgan fingerprint density at radius 3 is 2.37 bits per heavy atom. The second kappa shape index (κ2) is 9.97. The van der Waals surface area contributed by atoms with Gasteiger partial charge in [-0.1, -0.05) is 48.5 Å². The van der Waals surface area contributed by atoms with Gasteiger partial charge in [-0.2, -0.15) is 4.98 Å². The Balaban J connectivity index is 0.00000210. The highest BCUT2D eigenvalue weighted by Gasteiger charge is 2.13. The summed E-state index contributed by atoms with van der Waals surface area (Å²) in [7, 11) is 0. The van der Waals surface area contributed by atoms with E-state index in [1.807, 2.05) is 24.3 Å². The molecule has 0 bridgehead atoms. The summed E-state index contributed by atoms with van der Waals surface area (Å²) < 4.78 is 7.61. The maximum atomic E-state index is 5.44. The van der Waals surface area contributed by atoms with E-state index in [4.69, 9.17) is 14.7 Å². The quantitative estimate of drug-likeness (QED) is 0.560. The van der Waals surface area contributed by atoms with Gasteiger partial charge >= 0.3 is 0 Å². The van der Waals surface area contributed by atoms with Crippen LogP contribution in [0.4, 0.5) is 0 Å². The lowest BCUT2D eigenvalue weighted by atomic mass is 9.97. The maximum absolute atomic E-state index is 5.44. The Morgan fingerprint density at radius 2 is 1.67 bits per heavy atom. The average Bonchev–Trinajstić information content (AvgIpc) is 3.14. The number of aromatic nitrogens is 2. The van der Waals surface area contributed by atoms with Crippen molar-refractivity contribution in [3.8, 4) is 17.1 Å². The van der Waals surface area contributed by atoms with Crippen LogP contribution in [0.15, 0.2) is 65.7 Å². The minimum absolute atomic E-state index is 0. The minimum Gasteiger partial charge on any atom is -0.381 e. The molecule has 0 spiro atoms. The largest absolute Gasteiger partial charge is 0.381 e. The minimum atomic E-state index is 0. The van der Waals surface area contributed by atoms with Crippen LogP contribution >= 0.6 is 28.5 Å². The zero-order valence-corrected chi connectivity index (χ0v) is 17.7. The Kier molecular flexibility index (Phi) is 7.38. The van der Waals surface area contributed by atoms with Crippen molar-refractivity contribution in [1.29, 1.82) is 0 Å². The molecule has 1 aliphatic heterocycles. The number of ether oxygens (including phenoxy) is 1. The molecule has 2 heterocycles. The molecule has 0 saturated carbocycles. The first-order valence-electron chi connectivity index (χ1n) is 9.19. The zero-order chi connectivity index (χ0) is 17.6. The first-order valence-corrected chi connectivity index (χ1v) is 9.97. The van der Waals surface area contributed by atoms with Gasteiger partial charge in [-0.3, -0.25) is 4.99 Å². The van der Waals surface area contributed by atoms with Gasteiger partial charge < -0.3 is 4.74 Å². The molecular weight excluding hydrogens is 422 g/mol. The van der Waals surface area contributed by atoms with E-state index in [1.165, 1.54) is 0 Å². The number of para-hydroxylation sites is 1. The van der Waals surface area contributed by atoms with E-state index in [-0.39, 0.29) is 17.0 Å². The van der Waals surface area contributed by atoms with Crippen molar-refractivity contribution in [3.63, 3.8) is 0 Å². The first-order chi connectivity index (χ1) is 12.9. The van der Waals surface area contributed by atoms with Crippen molar-refractivity contribution in [3.05, 3.63) is 65.5 Å². The molecular formula is C21H24BrN3OS. The molecule has 4 nitrogen and oxygen atoms in total. The fourth-order valence-electron chi connectivity index (χ4n) is 3.23. The molecule has 0 unspecified atom stereocenters. The molecule has 0 N–H and O–H groups in total. The Morgan fingerprint density at radius 1 is 1.00 bits per heavy atom. The van der Waals surface area contributed by atoms with Gasteiger partial charge in [-0.15, -0.1) is 17.0 Å². The van der Waals surface area contributed by atoms with Gasteiger partial charge in [-0.25, -0.2) is 3.96 Å². The van der Waals surface area contributed by atoms with Crippen molar-refractivity contribution in [2.75, 3.05) is 19.8 Å². The number of halogens is 1. The van der Waals surface area contributed by atoms with Gasteiger partial charge in [0, 0.05) is 25.3 Å². The maximum Gasteiger partial charge on any atom is 0.223 e. The van der Waals surface area contributed by atoms with Crippen LogP contribution in [-0.2, 0) is 4.74 Å². The van der Waals surface area contributed by atoms with E-state index >= 15 is 0 Å². The summed E-state index contributed by atoms with van der Waals surface area (Å²) in [5, 5.41) is 0. The summed E-state index contributed by atoms with van der Waals surface area (Å²) in [6.45, 7) is 2.63. The highest BCUT2D eigenvalue weighted by Crippen LogP contribution is 2.22. The van der Waals surface area contributed by atoms with E-state index in [0.717, 1.165) is 66.8 Å². The predicted molar refractivity (Wildman–Crippen MR) is 116 cm³/mol. The fourth-order valence-corrected chi connectivity index (χ4v) is 4.13. The number of benzene rings is 2. The molecule has 3 aromatic rings. The summed E-state index contributed by atoms with van der Waals surface area (Å²) in [6.07, 6.45) is 3.44. The van der Waals surface area contributed by atoms with Gasteiger partial charge in [0.25, 0.3) is 0 Å². The third-order valence-corrected chi connectivity index (χ3v) is 5.66. The summed E-state index contributed by atoms with van der Waals surface area (Å²) in [5.41, 5.74) is 2.23. The van der Waals surface area contributed by atoms with E-state index in [9.17, 15) is 0 Å². The lowest BCUT2D eigenvalue weighted by Crippen LogP contribution is -2.16. The van der Waals surface area contributed by atoms with Gasteiger partial charge in [0.1, 0.15) is 0 Å². The van der Waals surface area contributed by atoms with Crippen LogP contribution in [0, 0.1) is 5.92 Å². The standard InChI is InChI=1S/C21H23N3OS.BrH/c1-3-7-18(8-4-1)20-23-21(22-14-11-17-12-15-25-16-13-17)26-24(20)19-9-5-2-6-10-19;/h1-10,17H,11-16H2;1H. The Bertz CT molecular complexity index is 827. The number of rotatable bonds is 5. The molecule has 142 valence electrons. The van der Waals surface area contributed by atoms with E-state index in [2.05, 4.69) is 40.4 Å². The van der Waals surface area contributed by atoms with Crippen molar-refractivity contribution in [2.24, 2.45) is 10.9 Å². The van der Waals surface area contributed by atoms with Gasteiger partial charge in [-0.05, 0) is 48.8 Å². The molecule has 1 fully saturated rings. The third-order valence-electron chi connectivity index (χ3n) is 4.71. The molecule has 0 radical (unpaired) electrons. The Hall–Kier alpha value is -1.76. The first kappa shape index (κ1) is 20.0. The topological polar surface area (TPSA) is 39.4 Å². The summed E-state index contributed by atoms with van der Waals surface area (Å²) in [4.78, 5) is 10.5. The Labute approximate surface area is 174 Å². The highest BCUT2D eigenvalue weighted by atomic mass is 79.9. The lowest BCUT2D eigenvalue weighted by molar-refractivity contribution is 0.0646. The molecule has 4 rings (SSSR count). The smallest absolute Gasteiger partial charge is 0.223 e. The number of nitrogens with zero attached hydrogens (tertiary/aromatic N) is 3. The van der Waals surface area contributed by atoms with Crippen LogP contribution in [-0.4, -0.2) is 28.7 Å². The SMILES string of the molecule is Br.c1ccc(-c2nc(=NCCC3CCOCC3)sn2-c2ccccc2)cc1. The second-order valence-electron chi connectivity index (χ2n) is 6.53. The van der Waals surface area contributed by atoms with Crippen LogP contribution in [0.2, 0.25) is 0 Å². The molecule has 1 saturated heterocycles. The molecule has 1 aliphatic rings. The van der Waals surface area contributed by atoms with Gasteiger partial charge in [0.05, 0.1) is 5.69 Å². The van der Waals surface area contributed by atoms with Crippen LogP contribution in [0.1, 0.15) is 19.3 Å². The van der Waals surface area contributed by atoms with Crippen LogP contribution < -0.4 is 4.80 Å². The normalized spacial score (nSPS) is 15.5. The molecule has 1 aromatic heterocycles. The number of hydrogen-bond acceptors (Lipinski definition) is 4. The second-order valence-corrected chi connectivity index (χ2v) is 7.44. The molecule has 2 aromatic carbocycles. The van der Waals surface area contributed by atoms with Crippen LogP contribution in [0.3, 0.4) is 0 Å². The van der Waals surface area contributed by atoms with Crippen molar-refractivity contribution in [2.45, 2.75) is 19.3 Å². The molecule has 0 aliphatic carbocycles. The number of hydrogen-bond donors (Lipinski definition) is 0. The van der Waals surface area contributed by atoms with E-state index < -0.39 is 0 Å².